The van der Waals surface area contributed by atoms with Crippen LogP contribution in [-0.4, -0.2) is 23.2 Å². The van der Waals surface area contributed by atoms with Crippen molar-refractivity contribution in [2.24, 2.45) is 0 Å². The van der Waals surface area contributed by atoms with E-state index in [1.807, 2.05) is 30.3 Å². The third kappa shape index (κ3) is 4.61. The van der Waals surface area contributed by atoms with Crippen molar-refractivity contribution < 1.29 is 18.8 Å². The highest BCUT2D eigenvalue weighted by atomic mass is 35.5. The molecule has 0 bridgehead atoms. The van der Waals surface area contributed by atoms with Crippen molar-refractivity contribution in [3.8, 4) is 17.1 Å². The van der Waals surface area contributed by atoms with E-state index in [2.05, 4.69) is 10.1 Å². The number of ether oxygens (including phenoxy) is 2. The predicted octanol–water partition coefficient (Wildman–Crippen LogP) is 4.07. The number of para-hydroxylation sites is 1. The minimum Gasteiger partial charge on any atom is -0.496 e. The highest BCUT2D eigenvalue weighted by molar-refractivity contribution is 6.30. The highest BCUT2D eigenvalue weighted by Crippen LogP contribution is 2.21. The van der Waals surface area contributed by atoms with Crippen molar-refractivity contribution in [1.82, 2.24) is 10.1 Å². The molecule has 26 heavy (non-hydrogen) atoms. The van der Waals surface area contributed by atoms with Crippen molar-refractivity contribution in [3.63, 3.8) is 0 Å². The monoisotopic (exact) mass is 372 g/mol. The molecule has 2 aromatic carbocycles. The summed E-state index contributed by atoms with van der Waals surface area (Å²) < 4.78 is 15.6. The van der Waals surface area contributed by atoms with Gasteiger partial charge in [-0.15, -0.1) is 0 Å². The van der Waals surface area contributed by atoms with Gasteiger partial charge in [0.2, 0.25) is 5.82 Å². The molecule has 0 saturated carbocycles. The molecule has 0 aliphatic rings. The fraction of sp³-hybridized carbons (Fsp3) is 0.211. The first-order valence-electron chi connectivity index (χ1n) is 8.02. The first kappa shape index (κ1) is 17.9. The molecule has 0 amide bonds. The van der Waals surface area contributed by atoms with Crippen LogP contribution in [0.25, 0.3) is 11.4 Å². The Labute approximate surface area is 155 Å². The molecular weight excluding hydrogens is 356 g/mol. The van der Waals surface area contributed by atoms with Gasteiger partial charge in [0.15, 0.2) is 6.61 Å². The van der Waals surface area contributed by atoms with E-state index in [0.29, 0.717) is 17.3 Å². The zero-order chi connectivity index (χ0) is 18.4. The maximum atomic E-state index is 11.9. The molecule has 0 aliphatic carbocycles. The SMILES string of the molecule is COc1ccccc1CCC(=O)OCc1nc(-c2cccc(Cl)c2)no1. The van der Waals surface area contributed by atoms with Crippen molar-refractivity contribution in [2.75, 3.05) is 7.11 Å². The average Bonchev–Trinajstić information content (AvgIpc) is 3.14. The third-order valence-electron chi connectivity index (χ3n) is 3.70. The summed E-state index contributed by atoms with van der Waals surface area (Å²) in [6.07, 6.45) is 0.760. The van der Waals surface area contributed by atoms with Crippen LogP contribution in [0.3, 0.4) is 0 Å². The molecule has 0 radical (unpaired) electrons. The van der Waals surface area contributed by atoms with Crippen LogP contribution < -0.4 is 4.74 Å². The lowest BCUT2D eigenvalue weighted by atomic mass is 10.1. The van der Waals surface area contributed by atoms with Crippen LogP contribution >= 0.6 is 11.6 Å². The zero-order valence-electron chi connectivity index (χ0n) is 14.1. The Hall–Kier alpha value is -2.86. The van der Waals surface area contributed by atoms with E-state index in [4.69, 9.17) is 25.6 Å². The Kier molecular flexibility index (Phi) is 5.86. The maximum Gasteiger partial charge on any atom is 0.306 e. The van der Waals surface area contributed by atoms with E-state index in [-0.39, 0.29) is 24.9 Å². The minimum atomic E-state index is -0.349. The molecule has 0 saturated heterocycles. The van der Waals surface area contributed by atoms with Gasteiger partial charge < -0.3 is 14.0 Å². The average molecular weight is 373 g/mol. The molecule has 0 fully saturated rings. The topological polar surface area (TPSA) is 74.5 Å². The highest BCUT2D eigenvalue weighted by Gasteiger charge is 2.12. The quantitative estimate of drug-likeness (QED) is 0.582. The fourth-order valence-corrected chi connectivity index (χ4v) is 2.61. The van der Waals surface area contributed by atoms with Crippen LogP contribution in [-0.2, 0) is 22.6 Å². The second-order valence-electron chi connectivity index (χ2n) is 5.49. The molecule has 3 rings (SSSR count). The minimum absolute atomic E-state index is 0.0711. The lowest BCUT2D eigenvalue weighted by Crippen LogP contribution is -2.06. The fourth-order valence-electron chi connectivity index (χ4n) is 2.42. The van der Waals surface area contributed by atoms with Crippen LogP contribution in [0.2, 0.25) is 5.02 Å². The van der Waals surface area contributed by atoms with Gasteiger partial charge in [0.1, 0.15) is 5.75 Å². The Morgan fingerprint density at radius 2 is 2.04 bits per heavy atom. The van der Waals surface area contributed by atoms with Crippen LogP contribution in [0, 0.1) is 0 Å². The number of methoxy groups -OCH3 is 1. The number of halogens is 1. The molecule has 0 atom stereocenters. The summed E-state index contributed by atoms with van der Waals surface area (Å²) in [5.74, 6) is 1.03. The molecule has 0 unspecified atom stereocenters. The summed E-state index contributed by atoms with van der Waals surface area (Å²) >= 11 is 5.95. The summed E-state index contributed by atoms with van der Waals surface area (Å²) in [6.45, 7) is -0.0711. The zero-order valence-corrected chi connectivity index (χ0v) is 14.9. The smallest absolute Gasteiger partial charge is 0.306 e. The van der Waals surface area contributed by atoms with Gasteiger partial charge in [-0.25, -0.2) is 0 Å². The van der Waals surface area contributed by atoms with E-state index < -0.39 is 0 Å². The number of benzene rings is 2. The molecule has 3 aromatic rings. The number of hydrogen-bond donors (Lipinski definition) is 0. The Morgan fingerprint density at radius 1 is 1.19 bits per heavy atom. The third-order valence-corrected chi connectivity index (χ3v) is 3.93. The van der Waals surface area contributed by atoms with Gasteiger partial charge in [0, 0.05) is 17.0 Å². The maximum absolute atomic E-state index is 11.9. The number of carbonyl (C=O) groups is 1. The number of esters is 1. The lowest BCUT2D eigenvalue weighted by molar-refractivity contribution is -0.145. The first-order chi connectivity index (χ1) is 12.7. The lowest BCUT2D eigenvalue weighted by Gasteiger charge is -2.07. The number of aryl methyl sites for hydroxylation is 1. The van der Waals surface area contributed by atoms with Gasteiger partial charge in [-0.3, -0.25) is 4.79 Å². The van der Waals surface area contributed by atoms with Gasteiger partial charge in [0.05, 0.1) is 7.11 Å². The Morgan fingerprint density at radius 3 is 2.85 bits per heavy atom. The second kappa shape index (κ2) is 8.49. The summed E-state index contributed by atoms with van der Waals surface area (Å²) in [5, 5.41) is 4.45. The Balaban J connectivity index is 1.52. The molecule has 6 nitrogen and oxygen atoms in total. The first-order valence-corrected chi connectivity index (χ1v) is 8.39. The standard InChI is InChI=1S/C19H17ClN2O4/c1-24-16-8-3-2-5-13(16)9-10-18(23)25-12-17-21-19(22-26-17)14-6-4-7-15(20)11-14/h2-8,11H,9-10,12H2,1H3. The van der Waals surface area contributed by atoms with E-state index in [1.165, 1.54) is 0 Å². The second-order valence-corrected chi connectivity index (χ2v) is 5.93. The number of rotatable bonds is 7. The van der Waals surface area contributed by atoms with Gasteiger partial charge in [-0.2, -0.15) is 4.98 Å². The molecular formula is C19H17ClN2O4. The number of nitrogens with zero attached hydrogens (tertiary/aromatic N) is 2. The number of carbonyl (C=O) groups excluding carboxylic acids is 1. The van der Waals surface area contributed by atoms with E-state index in [9.17, 15) is 4.79 Å². The van der Waals surface area contributed by atoms with Gasteiger partial charge in [-0.1, -0.05) is 47.1 Å². The van der Waals surface area contributed by atoms with Crippen molar-refractivity contribution >= 4 is 17.6 Å². The van der Waals surface area contributed by atoms with Gasteiger partial charge in [-0.05, 0) is 30.2 Å². The summed E-state index contributed by atoms with van der Waals surface area (Å²) in [4.78, 5) is 16.1. The normalized spacial score (nSPS) is 10.5. The van der Waals surface area contributed by atoms with E-state index in [1.54, 1.807) is 25.3 Å². The molecule has 134 valence electrons. The van der Waals surface area contributed by atoms with Gasteiger partial charge >= 0.3 is 5.97 Å². The van der Waals surface area contributed by atoms with Crippen LogP contribution in [0.4, 0.5) is 0 Å². The molecule has 0 N–H and O–H groups in total. The van der Waals surface area contributed by atoms with Crippen LogP contribution in [0.5, 0.6) is 5.75 Å². The molecule has 1 aromatic heterocycles. The van der Waals surface area contributed by atoms with Gasteiger partial charge in [0.25, 0.3) is 5.89 Å². The van der Waals surface area contributed by atoms with E-state index >= 15 is 0 Å². The number of aromatic nitrogens is 2. The van der Waals surface area contributed by atoms with Crippen molar-refractivity contribution in [2.45, 2.75) is 19.4 Å². The van der Waals surface area contributed by atoms with E-state index in [0.717, 1.165) is 16.9 Å². The molecule has 1 heterocycles. The van der Waals surface area contributed by atoms with Crippen molar-refractivity contribution in [1.29, 1.82) is 0 Å². The molecule has 7 heteroatoms. The summed E-state index contributed by atoms with van der Waals surface area (Å²) in [7, 11) is 1.60. The van der Waals surface area contributed by atoms with Crippen molar-refractivity contribution in [3.05, 3.63) is 65.0 Å². The summed E-state index contributed by atoms with van der Waals surface area (Å²) in [6, 6.07) is 14.7. The number of hydrogen-bond acceptors (Lipinski definition) is 6. The molecule has 0 spiro atoms. The van der Waals surface area contributed by atoms with Crippen LogP contribution in [0.1, 0.15) is 17.9 Å². The summed E-state index contributed by atoms with van der Waals surface area (Å²) in [5.41, 5.74) is 1.68. The Bertz CT molecular complexity index is 895. The van der Waals surface area contributed by atoms with Crippen LogP contribution in [0.15, 0.2) is 53.1 Å². The predicted molar refractivity (Wildman–Crippen MR) is 95.9 cm³/mol. The molecule has 0 aliphatic heterocycles. The largest absolute Gasteiger partial charge is 0.496 e.